The molecule has 0 saturated carbocycles. The lowest BCUT2D eigenvalue weighted by molar-refractivity contribution is -0.384. The Bertz CT molecular complexity index is 993. The van der Waals surface area contributed by atoms with Crippen LogP contribution in [0.4, 0.5) is 5.69 Å². The van der Waals surface area contributed by atoms with Crippen molar-refractivity contribution in [3.63, 3.8) is 0 Å². The van der Waals surface area contributed by atoms with Gasteiger partial charge in [-0.1, -0.05) is 43.6 Å². The van der Waals surface area contributed by atoms with Gasteiger partial charge in [-0.3, -0.25) is 35.3 Å². The highest BCUT2D eigenvalue weighted by atomic mass is 35.5. The number of non-ortho nitro benzene ring substituents is 1. The quantitative estimate of drug-likeness (QED) is 0.477. The molecule has 0 radical (unpaired) electrons. The van der Waals surface area contributed by atoms with Gasteiger partial charge in [-0.05, 0) is 30.5 Å². The highest BCUT2D eigenvalue weighted by Gasteiger charge is 2.26. The zero-order valence-corrected chi connectivity index (χ0v) is 17.3. The third-order valence-electron chi connectivity index (χ3n) is 4.33. The zero-order chi connectivity index (χ0) is 22.4. The second kappa shape index (κ2) is 9.84. The standard InChI is InChI=1S/C20H21ClN4O5/c1-11(2)17(20(28)24-23-19(27)14-7-5-4-6-12(14)3)22-18(26)15-9-8-13(25(29)30)10-16(15)21/h4-11,17H,1-3H3,(H,22,26)(H,23,27)(H,24,28)/t17-/m0/s1. The van der Waals surface area contributed by atoms with Gasteiger partial charge >= 0.3 is 0 Å². The third kappa shape index (κ3) is 5.54. The Morgan fingerprint density at radius 2 is 1.67 bits per heavy atom. The van der Waals surface area contributed by atoms with Crippen LogP contribution in [-0.2, 0) is 4.79 Å². The molecule has 2 rings (SSSR count). The molecule has 0 saturated heterocycles. The van der Waals surface area contributed by atoms with E-state index in [9.17, 15) is 24.5 Å². The van der Waals surface area contributed by atoms with Crippen LogP contribution < -0.4 is 16.2 Å². The van der Waals surface area contributed by atoms with Crippen molar-refractivity contribution < 1.29 is 19.3 Å². The number of hydrogen-bond donors (Lipinski definition) is 3. The lowest BCUT2D eigenvalue weighted by Crippen LogP contribution is -2.54. The summed E-state index contributed by atoms with van der Waals surface area (Å²) in [6.07, 6.45) is 0. The molecule has 0 aliphatic rings. The molecule has 2 aromatic rings. The maximum Gasteiger partial charge on any atom is 0.270 e. The Morgan fingerprint density at radius 1 is 1.00 bits per heavy atom. The van der Waals surface area contributed by atoms with Crippen LogP contribution in [0.5, 0.6) is 0 Å². The molecule has 10 heteroatoms. The van der Waals surface area contributed by atoms with Crippen molar-refractivity contribution in [2.24, 2.45) is 5.92 Å². The first-order valence-corrected chi connectivity index (χ1v) is 9.40. The monoisotopic (exact) mass is 432 g/mol. The number of nitro benzene ring substituents is 1. The fourth-order valence-electron chi connectivity index (χ4n) is 2.65. The van der Waals surface area contributed by atoms with Crippen molar-refractivity contribution in [3.8, 4) is 0 Å². The number of nitrogens with zero attached hydrogens (tertiary/aromatic N) is 1. The van der Waals surface area contributed by atoms with Crippen LogP contribution in [0, 0.1) is 23.0 Å². The average Bonchev–Trinajstić information content (AvgIpc) is 2.69. The molecule has 0 fully saturated rings. The third-order valence-corrected chi connectivity index (χ3v) is 4.65. The minimum Gasteiger partial charge on any atom is -0.340 e. The van der Waals surface area contributed by atoms with Crippen LogP contribution in [0.1, 0.15) is 40.1 Å². The fourth-order valence-corrected chi connectivity index (χ4v) is 2.91. The van der Waals surface area contributed by atoms with Crippen molar-refractivity contribution in [3.05, 3.63) is 74.3 Å². The van der Waals surface area contributed by atoms with Gasteiger partial charge in [0.05, 0.1) is 15.5 Å². The summed E-state index contributed by atoms with van der Waals surface area (Å²) in [5.74, 6) is -2.11. The number of benzene rings is 2. The maximum atomic E-state index is 12.5. The minimum atomic E-state index is -0.985. The molecule has 0 heterocycles. The minimum absolute atomic E-state index is 0.00957. The Balaban J connectivity index is 2.07. The summed E-state index contributed by atoms with van der Waals surface area (Å²) < 4.78 is 0. The second-order valence-electron chi connectivity index (χ2n) is 6.87. The molecule has 3 amide bonds. The summed E-state index contributed by atoms with van der Waals surface area (Å²) in [7, 11) is 0. The number of halogens is 1. The van der Waals surface area contributed by atoms with Crippen molar-refractivity contribution in [2.75, 3.05) is 0 Å². The Kier molecular flexibility index (Phi) is 7.48. The van der Waals surface area contributed by atoms with E-state index in [1.807, 2.05) is 0 Å². The maximum absolute atomic E-state index is 12.5. The zero-order valence-electron chi connectivity index (χ0n) is 16.6. The normalized spacial score (nSPS) is 11.5. The van der Waals surface area contributed by atoms with Gasteiger partial charge in [0.25, 0.3) is 23.4 Å². The predicted octanol–water partition coefficient (Wildman–Crippen LogP) is 2.77. The summed E-state index contributed by atoms with van der Waals surface area (Å²) >= 11 is 5.97. The number of hydrazine groups is 1. The summed E-state index contributed by atoms with van der Waals surface area (Å²) in [4.78, 5) is 47.5. The molecule has 3 N–H and O–H groups in total. The molecule has 158 valence electrons. The van der Waals surface area contributed by atoms with Gasteiger partial charge in [0.2, 0.25) is 0 Å². The van der Waals surface area contributed by atoms with E-state index in [1.54, 1.807) is 45.0 Å². The molecule has 0 aliphatic carbocycles. The van der Waals surface area contributed by atoms with Crippen molar-refractivity contribution in [1.29, 1.82) is 0 Å². The summed E-state index contributed by atoms with van der Waals surface area (Å²) in [6.45, 7) is 5.19. The second-order valence-corrected chi connectivity index (χ2v) is 7.28. The van der Waals surface area contributed by atoms with Crippen molar-refractivity contribution in [1.82, 2.24) is 16.2 Å². The van der Waals surface area contributed by atoms with Gasteiger partial charge in [-0.2, -0.15) is 0 Å². The number of carbonyl (C=O) groups excluding carboxylic acids is 3. The molecule has 0 bridgehead atoms. The fraction of sp³-hybridized carbons (Fsp3) is 0.250. The van der Waals surface area contributed by atoms with Crippen LogP contribution in [0.2, 0.25) is 5.02 Å². The molecule has 9 nitrogen and oxygen atoms in total. The number of amides is 3. The van der Waals surface area contributed by atoms with E-state index in [1.165, 1.54) is 6.07 Å². The smallest absolute Gasteiger partial charge is 0.270 e. The molecule has 0 spiro atoms. The van der Waals surface area contributed by atoms with E-state index in [0.29, 0.717) is 5.56 Å². The lowest BCUT2D eigenvalue weighted by Gasteiger charge is -2.22. The summed E-state index contributed by atoms with van der Waals surface area (Å²) in [5.41, 5.74) is 5.52. The summed E-state index contributed by atoms with van der Waals surface area (Å²) in [6, 6.07) is 9.31. The lowest BCUT2D eigenvalue weighted by atomic mass is 10.0. The van der Waals surface area contributed by atoms with Gasteiger partial charge in [0, 0.05) is 17.7 Å². The van der Waals surface area contributed by atoms with E-state index in [2.05, 4.69) is 16.2 Å². The van der Waals surface area contributed by atoms with Crippen molar-refractivity contribution >= 4 is 35.0 Å². The van der Waals surface area contributed by atoms with Crippen LogP contribution in [0.25, 0.3) is 0 Å². The number of aryl methyl sites for hydroxylation is 1. The molecular weight excluding hydrogens is 412 g/mol. The van der Waals surface area contributed by atoms with Crippen LogP contribution in [-0.4, -0.2) is 28.7 Å². The topological polar surface area (TPSA) is 130 Å². The highest BCUT2D eigenvalue weighted by Crippen LogP contribution is 2.22. The Morgan fingerprint density at radius 3 is 2.23 bits per heavy atom. The van der Waals surface area contributed by atoms with E-state index >= 15 is 0 Å². The largest absolute Gasteiger partial charge is 0.340 e. The number of nitro groups is 1. The van der Waals surface area contributed by atoms with Gasteiger partial charge in [0.15, 0.2) is 0 Å². The number of rotatable bonds is 6. The van der Waals surface area contributed by atoms with E-state index < -0.39 is 28.7 Å². The molecule has 30 heavy (non-hydrogen) atoms. The molecule has 0 aromatic heterocycles. The Hall–Kier alpha value is -3.46. The highest BCUT2D eigenvalue weighted by molar-refractivity contribution is 6.34. The number of hydrogen-bond acceptors (Lipinski definition) is 5. The van der Waals surface area contributed by atoms with Gasteiger partial charge in [-0.15, -0.1) is 0 Å². The van der Waals surface area contributed by atoms with E-state index in [4.69, 9.17) is 11.6 Å². The molecule has 0 aliphatic heterocycles. The van der Waals surface area contributed by atoms with Gasteiger partial charge < -0.3 is 5.32 Å². The van der Waals surface area contributed by atoms with E-state index in [0.717, 1.165) is 17.7 Å². The SMILES string of the molecule is Cc1ccccc1C(=O)NNC(=O)[C@@H](NC(=O)c1ccc([N+](=O)[O-])cc1Cl)C(C)C. The molecular formula is C20H21ClN4O5. The Labute approximate surface area is 177 Å². The van der Waals surface area contributed by atoms with Crippen molar-refractivity contribution in [2.45, 2.75) is 26.8 Å². The summed E-state index contributed by atoms with van der Waals surface area (Å²) in [5, 5.41) is 13.2. The molecule has 2 aromatic carbocycles. The van der Waals surface area contributed by atoms with Gasteiger partial charge in [0.1, 0.15) is 6.04 Å². The van der Waals surface area contributed by atoms with Gasteiger partial charge in [-0.25, -0.2) is 0 Å². The first-order chi connectivity index (χ1) is 14.1. The average molecular weight is 433 g/mol. The van der Waals surface area contributed by atoms with Crippen LogP contribution in [0.15, 0.2) is 42.5 Å². The van der Waals surface area contributed by atoms with Crippen LogP contribution in [0.3, 0.4) is 0 Å². The first kappa shape index (κ1) is 22.8. The van der Waals surface area contributed by atoms with Crippen LogP contribution >= 0.6 is 11.6 Å². The first-order valence-electron chi connectivity index (χ1n) is 9.02. The molecule has 1 atom stereocenters. The molecule has 0 unspecified atom stereocenters. The number of nitrogens with one attached hydrogen (secondary N) is 3. The number of carbonyl (C=O) groups is 3. The predicted molar refractivity (Wildman–Crippen MR) is 111 cm³/mol. The van der Waals surface area contributed by atoms with E-state index in [-0.39, 0.29) is 22.2 Å².